The maximum Gasteiger partial charge on any atom is 0.109 e. The highest BCUT2D eigenvalue weighted by molar-refractivity contribution is 9.09. The number of aromatic nitrogens is 2. The molecular weight excluding hydrogens is 296 g/mol. The summed E-state index contributed by atoms with van der Waals surface area (Å²) in [5, 5.41) is 27.4. The van der Waals surface area contributed by atoms with E-state index in [2.05, 4.69) is 26.1 Å². The van der Waals surface area contributed by atoms with Crippen LogP contribution in [0.3, 0.4) is 0 Å². The Morgan fingerprint density at radius 3 is 2.61 bits per heavy atom. The van der Waals surface area contributed by atoms with Crippen molar-refractivity contribution in [1.82, 2.24) is 10.2 Å². The summed E-state index contributed by atoms with van der Waals surface area (Å²) in [6, 6.07) is 9.62. The van der Waals surface area contributed by atoms with E-state index in [4.69, 9.17) is 0 Å². The van der Waals surface area contributed by atoms with E-state index in [0.717, 1.165) is 11.3 Å². The number of nitrogens with zero attached hydrogens (tertiary/aromatic N) is 1. The Morgan fingerprint density at radius 2 is 1.94 bits per heavy atom. The molecule has 1 heterocycles. The molecule has 0 bridgehead atoms. The molecular formula is C13H15BrN2O2. The van der Waals surface area contributed by atoms with Crippen LogP contribution in [-0.2, 0) is 0 Å². The normalized spacial score (nSPS) is 14.4. The van der Waals surface area contributed by atoms with Crippen LogP contribution >= 0.6 is 15.9 Å². The van der Waals surface area contributed by atoms with Gasteiger partial charge < -0.3 is 10.2 Å². The summed E-state index contributed by atoms with van der Waals surface area (Å²) >= 11 is 3.25. The first-order chi connectivity index (χ1) is 8.74. The molecule has 1 aromatic carbocycles. The van der Waals surface area contributed by atoms with Gasteiger partial charge in [0.05, 0.1) is 18.0 Å². The number of nitrogens with one attached hydrogen (secondary N) is 1. The van der Waals surface area contributed by atoms with Crippen LogP contribution in [0.5, 0.6) is 0 Å². The Labute approximate surface area is 114 Å². The molecule has 1 aromatic heterocycles. The second-order valence-corrected chi connectivity index (χ2v) is 4.85. The molecule has 4 nitrogen and oxygen atoms in total. The van der Waals surface area contributed by atoms with E-state index in [9.17, 15) is 10.2 Å². The number of benzene rings is 1. The molecule has 96 valence electrons. The van der Waals surface area contributed by atoms with Gasteiger partial charge in [-0.05, 0) is 12.0 Å². The lowest BCUT2D eigenvalue weighted by Crippen LogP contribution is -2.18. The van der Waals surface area contributed by atoms with Crippen molar-refractivity contribution in [2.75, 3.05) is 5.33 Å². The summed E-state index contributed by atoms with van der Waals surface area (Å²) in [6.45, 7) is 0. The van der Waals surface area contributed by atoms with Gasteiger partial charge in [0.1, 0.15) is 6.10 Å². The SMILES string of the molecule is OC(CCBr)C(O)c1cn[nH]c1-c1ccccc1. The molecule has 3 N–H and O–H groups in total. The van der Waals surface area contributed by atoms with Crippen molar-refractivity contribution < 1.29 is 10.2 Å². The van der Waals surface area contributed by atoms with Gasteiger partial charge in [-0.15, -0.1) is 0 Å². The summed E-state index contributed by atoms with van der Waals surface area (Å²) in [5.41, 5.74) is 2.31. The minimum Gasteiger partial charge on any atom is -0.390 e. The first kappa shape index (κ1) is 13.3. The number of H-pyrrole nitrogens is 1. The van der Waals surface area contributed by atoms with E-state index < -0.39 is 12.2 Å². The molecule has 2 unspecified atom stereocenters. The van der Waals surface area contributed by atoms with E-state index in [1.807, 2.05) is 30.3 Å². The van der Waals surface area contributed by atoms with Crippen LogP contribution in [0.4, 0.5) is 0 Å². The quantitative estimate of drug-likeness (QED) is 0.742. The third-order valence-electron chi connectivity index (χ3n) is 2.82. The smallest absolute Gasteiger partial charge is 0.109 e. The van der Waals surface area contributed by atoms with Gasteiger partial charge >= 0.3 is 0 Å². The van der Waals surface area contributed by atoms with Crippen molar-refractivity contribution in [2.45, 2.75) is 18.6 Å². The van der Waals surface area contributed by atoms with E-state index in [-0.39, 0.29) is 0 Å². The van der Waals surface area contributed by atoms with Gasteiger partial charge in [0.25, 0.3) is 0 Å². The zero-order chi connectivity index (χ0) is 13.0. The Hall–Kier alpha value is -1.17. The van der Waals surface area contributed by atoms with Crippen molar-refractivity contribution in [2.24, 2.45) is 0 Å². The second kappa shape index (κ2) is 6.13. The third-order valence-corrected chi connectivity index (χ3v) is 3.28. The number of alkyl halides is 1. The van der Waals surface area contributed by atoms with Gasteiger partial charge in [-0.2, -0.15) is 5.10 Å². The minimum absolute atomic E-state index is 0.487. The molecule has 0 aliphatic carbocycles. The molecule has 0 saturated heterocycles. The molecule has 5 heteroatoms. The number of rotatable bonds is 5. The molecule has 2 aromatic rings. The number of aromatic amines is 1. The average molecular weight is 311 g/mol. The predicted molar refractivity (Wildman–Crippen MR) is 73.4 cm³/mol. The predicted octanol–water partition coefficient (Wildman–Crippen LogP) is 2.26. The molecule has 0 amide bonds. The Kier molecular flexibility index (Phi) is 4.52. The van der Waals surface area contributed by atoms with Crippen LogP contribution in [0.2, 0.25) is 0 Å². The van der Waals surface area contributed by atoms with Crippen LogP contribution in [0.15, 0.2) is 36.5 Å². The maximum atomic E-state index is 10.1. The third kappa shape index (κ3) is 2.80. The van der Waals surface area contributed by atoms with E-state index in [1.165, 1.54) is 0 Å². The topological polar surface area (TPSA) is 69.1 Å². The lowest BCUT2D eigenvalue weighted by molar-refractivity contribution is 0.0177. The summed E-state index contributed by atoms with van der Waals surface area (Å²) in [7, 11) is 0. The van der Waals surface area contributed by atoms with Crippen LogP contribution in [0.25, 0.3) is 11.3 Å². The highest BCUT2D eigenvalue weighted by Gasteiger charge is 2.22. The molecule has 0 aliphatic heterocycles. The summed E-state index contributed by atoms with van der Waals surface area (Å²) < 4.78 is 0. The Morgan fingerprint density at radius 1 is 1.22 bits per heavy atom. The summed E-state index contributed by atoms with van der Waals surface area (Å²) in [4.78, 5) is 0. The first-order valence-corrected chi connectivity index (χ1v) is 6.87. The van der Waals surface area contributed by atoms with Gasteiger partial charge in [0.2, 0.25) is 0 Å². The zero-order valence-electron chi connectivity index (χ0n) is 9.75. The summed E-state index contributed by atoms with van der Waals surface area (Å²) in [6.07, 6.45) is 0.311. The second-order valence-electron chi connectivity index (χ2n) is 4.06. The minimum atomic E-state index is -0.934. The van der Waals surface area contributed by atoms with Crippen LogP contribution < -0.4 is 0 Å². The Balaban J connectivity index is 2.28. The van der Waals surface area contributed by atoms with Crippen molar-refractivity contribution in [3.05, 3.63) is 42.1 Å². The Bertz CT molecular complexity index is 487. The van der Waals surface area contributed by atoms with Gasteiger partial charge in [-0.1, -0.05) is 46.3 Å². The fraction of sp³-hybridized carbons (Fsp3) is 0.308. The largest absolute Gasteiger partial charge is 0.390 e. The number of hydrogen-bond donors (Lipinski definition) is 3. The number of aliphatic hydroxyl groups is 2. The molecule has 0 radical (unpaired) electrons. The highest BCUT2D eigenvalue weighted by Crippen LogP contribution is 2.28. The van der Waals surface area contributed by atoms with Gasteiger partial charge in [-0.3, -0.25) is 5.10 Å². The zero-order valence-corrected chi connectivity index (χ0v) is 11.3. The van der Waals surface area contributed by atoms with Gasteiger partial charge in [0, 0.05) is 10.9 Å². The van der Waals surface area contributed by atoms with Crippen molar-refractivity contribution >= 4 is 15.9 Å². The standard InChI is InChI=1S/C13H15BrN2O2/c14-7-6-11(17)13(18)10-8-15-16-12(10)9-4-2-1-3-5-9/h1-5,8,11,13,17-18H,6-7H2,(H,15,16). The monoisotopic (exact) mass is 310 g/mol. The van der Waals surface area contributed by atoms with Gasteiger partial charge in [0.15, 0.2) is 0 Å². The molecule has 2 rings (SSSR count). The molecule has 18 heavy (non-hydrogen) atoms. The van der Waals surface area contributed by atoms with Crippen molar-refractivity contribution in [3.63, 3.8) is 0 Å². The summed E-state index contributed by atoms with van der Waals surface area (Å²) in [5.74, 6) is 0. The van der Waals surface area contributed by atoms with Crippen LogP contribution in [-0.4, -0.2) is 31.8 Å². The fourth-order valence-electron chi connectivity index (χ4n) is 1.83. The average Bonchev–Trinajstić information content (AvgIpc) is 2.88. The van der Waals surface area contributed by atoms with E-state index in [1.54, 1.807) is 6.20 Å². The lowest BCUT2D eigenvalue weighted by Gasteiger charge is -2.17. The molecule has 2 atom stereocenters. The highest BCUT2D eigenvalue weighted by atomic mass is 79.9. The molecule has 0 saturated carbocycles. The number of hydrogen-bond acceptors (Lipinski definition) is 3. The van der Waals surface area contributed by atoms with Crippen molar-refractivity contribution in [3.8, 4) is 11.3 Å². The molecule has 0 fully saturated rings. The lowest BCUT2D eigenvalue weighted by atomic mass is 10.00. The van der Waals surface area contributed by atoms with E-state index >= 15 is 0 Å². The van der Waals surface area contributed by atoms with Crippen LogP contribution in [0.1, 0.15) is 18.1 Å². The first-order valence-electron chi connectivity index (χ1n) is 5.75. The molecule has 0 aliphatic rings. The van der Waals surface area contributed by atoms with Gasteiger partial charge in [-0.25, -0.2) is 0 Å². The number of aliphatic hydroxyl groups excluding tert-OH is 2. The molecule has 0 spiro atoms. The van der Waals surface area contributed by atoms with E-state index in [0.29, 0.717) is 17.3 Å². The maximum absolute atomic E-state index is 10.1. The fourth-order valence-corrected chi connectivity index (χ4v) is 2.30. The van der Waals surface area contributed by atoms with Crippen LogP contribution in [0, 0.1) is 0 Å². The van der Waals surface area contributed by atoms with Crippen molar-refractivity contribution in [1.29, 1.82) is 0 Å². The number of halogens is 1.